The number of alkyl halides is 3. The molecule has 0 bridgehead atoms. The smallest absolute Gasteiger partial charge is 0.381 e. The molecular formula is C21H22F5N3. The van der Waals surface area contributed by atoms with Crippen LogP contribution in [-0.2, 0) is 13.2 Å². The predicted octanol–water partition coefficient (Wildman–Crippen LogP) is 6.58. The van der Waals surface area contributed by atoms with Gasteiger partial charge in [0.05, 0.1) is 5.69 Å². The Kier molecular flexibility index (Phi) is 7.00. The highest BCUT2D eigenvalue weighted by Crippen LogP contribution is 2.31. The van der Waals surface area contributed by atoms with Crippen molar-refractivity contribution >= 4 is 5.69 Å². The average Bonchev–Trinajstić information content (AvgIpc) is 3.04. The Morgan fingerprint density at radius 1 is 1.21 bits per heavy atom. The van der Waals surface area contributed by atoms with Crippen molar-refractivity contribution < 1.29 is 22.0 Å². The van der Waals surface area contributed by atoms with Crippen molar-refractivity contribution in [3.63, 3.8) is 0 Å². The summed E-state index contributed by atoms with van der Waals surface area (Å²) in [6.07, 6.45) is -2.78. The lowest BCUT2D eigenvalue weighted by Gasteiger charge is -2.11. The third kappa shape index (κ3) is 5.79. The highest BCUT2D eigenvalue weighted by atomic mass is 19.4. The molecule has 1 aromatic carbocycles. The van der Waals surface area contributed by atoms with Crippen LogP contribution in [0.25, 0.3) is 11.3 Å². The van der Waals surface area contributed by atoms with Crippen LogP contribution in [0.1, 0.15) is 26.0 Å². The van der Waals surface area contributed by atoms with Gasteiger partial charge in [-0.2, -0.15) is 18.3 Å². The van der Waals surface area contributed by atoms with Gasteiger partial charge in [0.15, 0.2) is 5.69 Å². The van der Waals surface area contributed by atoms with Crippen molar-refractivity contribution in [1.82, 2.24) is 9.78 Å². The molecule has 0 aliphatic rings. The maximum atomic E-state index is 14.2. The zero-order chi connectivity index (χ0) is 21.8. The number of allylic oxidation sites excluding steroid dienone is 3. The monoisotopic (exact) mass is 411 g/mol. The standard InChI is InChI=1S/C21H22F5N3/c1-5-13(2)10-18(23)17(14(3)22)12-27-16-8-6-15(7-9-16)19-11-20(21(24,25)26)28-29(19)4/h6-11,27H,2,5,12H2,1,3-4H3. The Balaban J connectivity index is 2.15. The minimum absolute atomic E-state index is 0.0923. The molecule has 0 aliphatic heterocycles. The summed E-state index contributed by atoms with van der Waals surface area (Å²) < 4.78 is 67.6. The molecule has 2 rings (SSSR count). The maximum absolute atomic E-state index is 14.2. The second-order valence-corrected chi connectivity index (χ2v) is 6.48. The van der Waals surface area contributed by atoms with Crippen molar-refractivity contribution in [2.75, 3.05) is 11.9 Å². The van der Waals surface area contributed by atoms with E-state index >= 15 is 0 Å². The molecule has 3 nitrogen and oxygen atoms in total. The lowest BCUT2D eigenvalue weighted by molar-refractivity contribution is -0.141. The third-order valence-electron chi connectivity index (χ3n) is 4.31. The van der Waals surface area contributed by atoms with Crippen molar-refractivity contribution in [2.45, 2.75) is 26.4 Å². The summed E-state index contributed by atoms with van der Waals surface area (Å²) in [4.78, 5) is 0. The Morgan fingerprint density at radius 3 is 2.31 bits per heavy atom. The van der Waals surface area contributed by atoms with Crippen LogP contribution in [0, 0.1) is 0 Å². The second kappa shape index (κ2) is 9.07. The SMILES string of the molecule is C=C(C=C(F)C(CNc1ccc(-c2cc(C(F)(F)F)nn2C)cc1)=C(C)F)CC. The molecule has 29 heavy (non-hydrogen) atoms. The number of nitrogens with one attached hydrogen (secondary N) is 1. The number of halogens is 5. The number of anilines is 1. The van der Waals surface area contributed by atoms with Crippen LogP contribution in [0.5, 0.6) is 0 Å². The van der Waals surface area contributed by atoms with Crippen LogP contribution >= 0.6 is 0 Å². The molecule has 1 N–H and O–H groups in total. The van der Waals surface area contributed by atoms with Gasteiger partial charge in [-0.3, -0.25) is 4.68 Å². The van der Waals surface area contributed by atoms with E-state index in [1.807, 2.05) is 6.92 Å². The zero-order valence-electron chi connectivity index (χ0n) is 16.4. The summed E-state index contributed by atoms with van der Waals surface area (Å²) in [5, 5.41) is 6.39. The molecule has 0 spiro atoms. The first kappa shape index (κ1) is 22.4. The van der Waals surface area contributed by atoms with Gasteiger partial charge < -0.3 is 5.32 Å². The molecule has 0 aliphatic carbocycles. The molecule has 1 heterocycles. The van der Waals surface area contributed by atoms with E-state index in [-0.39, 0.29) is 12.1 Å². The summed E-state index contributed by atoms with van der Waals surface area (Å²) in [5.74, 6) is -1.35. The van der Waals surface area contributed by atoms with E-state index in [2.05, 4.69) is 17.0 Å². The Morgan fingerprint density at radius 2 is 1.83 bits per heavy atom. The van der Waals surface area contributed by atoms with E-state index in [4.69, 9.17) is 0 Å². The summed E-state index contributed by atoms with van der Waals surface area (Å²) in [6, 6.07) is 7.42. The largest absolute Gasteiger partial charge is 0.435 e. The summed E-state index contributed by atoms with van der Waals surface area (Å²) in [5.41, 5.74) is 0.847. The van der Waals surface area contributed by atoms with Gasteiger partial charge in [0, 0.05) is 24.9 Å². The van der Waals surface area contributed by atoms with Crippen LogP contribution in [-0.4, -0.2) is 16.3 Å². The van der Waals surface area contributed by atoms with Crippen LogP contribution < -0.4 is 5.32 Å². The van der Waals surface area contributed by atoms with Gasteiger partial charge in [-0.15, -0.1) is 0 Å². The number of hydrogen-bond acceptors (Lipinski definition) is 2. The number of aromatic nitrogens is 2. The Hall–Kier alpha value is -2.90. The average molecular weight is 411 g/mol. The first-order chi connectivity index (χ1) is 13.5. The van der Waals surface area contributed by atoms with Crippen molar-refractivity contribution in [3.05, 3.63) is 71.5 Å². The first-order valence-electron chi connectivity index (χ1n) is 8.89. The first-order valence-corrected chi connectivity index (χ1v) is 8.89. The quantitative estimate of drug-likeness (QED) is 0.412. The van der Waals surface area contributed by atoms with Gasteiger partial charge in [-0.25, -0.2) is 8.78 Å². The molecule has 0 fully saturated rings. The van der Waals surface area contributed by atoms with E-state index in [1.54, 1.807) is 24.3 Å². The molecule has 0 saturated carbocycles. The van der Waals surface area contributed by atoms with Crippen LogP contribution in [0.3, 0.4) is 0 Å². The fourth-order valence-corrected chi connectivity index (χ4v) is 2.56. The summed E-state index contributed by atoms with van der Waals surface area (Å²) in [6.45, 7) is 6.57. The highest BCUT2D eigenvalue weighted by molar-refractivity contribution is 5.63. The lowest BCUT2D eigenvalue weighted by atomic mass is 10.1. The van der Waals surface area contributed by atoms with Gasteiger partial charge in [-0.05, 0) is 43.2 Å². The Bertz CT molecular complexity index is 930. The fraction of sp³-hybridized carbons (Fsp3) is 0.286. The third-order valence-corrected chi connectivity index (χ3v) is 4.31. The van der Waals surface area contributed by atoms with Crippen molar-refractivity contribution in [1.29, 1.82) is 0 Å². The predicted molar refractivity (Wildman–Crippen MR) is 105 cm³/mol. The molecule has 8 heteroatoms. The van der Waals surface area contributed by atoms with Crippen molar-refractivity contribution in [2.24, 2.45) is 7.05 Å². The van der Waals surface area contributed by atoms with Gasteiger partial charge in [0.25, 0.3) is 0 Å². The zero-order valence-corrected chi connectivity index (χ0v) is 16.4. The summed E-state index contributed by atoms with van der Waals surface area (Å²) >= 11 is 0. The molecular weight excluding hydrogens is 389 g/mol. The molecule has 0 radical (unpaired) electrons. The van der Waals surface area contributed by atoms with E-state index in [1.165, 1.54) is 20.0 Å². The van der Waals surface area contributed by atoms with Gasteiger partial charge in [0.1, 0.15) is 11.7 Å². The fourth-order valence-electron chi connectivity index (χ4n) is 2.56. The molecule has 0 atom stereocenters. The Labute approximate surface area is 166 Å². The number of rotatable bonds is 7. The summed E-state index contributed by atoms with van der Waals surface area (Å²) in [7, 11) is 1.43. The number of nitrogens with zero attached hydrogens (tertiary/aromatic N) is 2. The lowest BCUT2D eigenvalue weighted by Crippen LogP contribution is -2.07. The topological polar surface area (TPSA) is 29.9 Å². The normalized spacial score (nSPS) is 13.3. The number of benzene rings is 1. The van der Waals surface area contributed by atoms with Crippen molar-refractivity contribution in [3.8, 4) is 11.3 Å². The molecule has 0 amide bonds. The highest BCUT2D eigenvalue weighted by Gasteiger charge is 2.34. The van der Waals surface area contributed by atoms with Crippen LogP contribution in [0.15, 0.2) is 65.8 Å². The van der Waals surface area contributed by atoms with Crippen LogP contribution in [0.2, 0.25) is 0 Å². The van der Waals surface area contributed by atoms with E-state index in [9.17, 15) is 22.0 Å². The molecule has 2 aromatic rings. The number of hydrogen-bond donors (Lipinski definition) is 1. The molecule has 156 valence electrons. The molecule has 0 unspecified atom stereocenters. The van der Waals surface area contributed by atoms with E-state index < -0.39 is 23.5 Å². The van der Waals surface area contributed by atoms with Gasteiger partial charge in [0.2, 0.25) is 0 Å². The van der Waals surface area contributed by atoms with Gasteiger partial charge in [-0.1, -0.05) is 31.2 Å². The molecule has 0 saturated heterocycles. The maximum Gasteiger partial charge on any atom is 0.435 e. The van der Waals surface area contributed by atoms with E-state index in [0.717, 1.165) is 10.7 Å². The minimum Gasteiger partial charge on any atom is -0.381 e. The second-order valence-electron chi connectivity index (χ2n) is 6.48. The minimum atomic E-state index is -4.52. The molecule has 1 aromatic heterocycles. The van der Waals surface area contributed by atoms with E-state index in [0.29, 0.717) is 28.9 Å². The van der Waals surface area contributed by atoms with Gasteiger partial charge >= 0.3 is 6.18 Å². The van der Waals surface area contributed by atoms with Crippen LogP contribution in [0.4, 0.5) is 27.6 Å². The number of aryl methyl sites for hydroxylation is 1.